The third-order valence-electron chi connectivity index (χ3n) is 2.94. The lowest BCUT2D eigenvalue weighted by molar-refractivity contribution is 1.26. The van der Waals surface area contributed by atoms with Gasteiger partial charge >= 0.3 is 0 Å². The molecule has 0 radical (unpaired) electrons. The molecule has 1 heterocycles. The number of fused-ring (bicyclic) bond motifs is 1. The molecule has 0 bridgehead atoms. The van der Waals surface area contributed by atoms with Crippen LogP contribution in [-0.4, -0.2) is 4.98 Å². The molecule has 0 unspecified atom stereocenters. The zero-order chi connectivity index (χ0) is 13.2. The molecule has 19 heavy (non-hydrogen) atoms. The summed E-state index contributed by atoms with van der Waals surface area (Å²) in [5, 5.41) is 4.75. The Hall–Kier alpha value is -2.75. The number of pyridine rings is 1. The van der Waals surface area contributed by atoms with Crippen LogP contribution >= 0.6 is 0 Å². The maximum Gasteiger partial charge on any atom is 0.257 e. The minimum Gasteiger partial charge on any atom is -0.399 e. The number of nitrogens with two attached hydrogens (primary N) is 1. The molecule has 0 saturated carbocycles. The SMILES string of the molecule is Nc1ccc(Nc2cc3ccccc3c(=O)[nH]2)cc1. The number of H-pyrrole nitrogens is 1. The standard InChI is InChI=1S/C15H13N3O/c16-11-5-7-12(8-6-11)17-14-9-10-3-1-2-4-13(10)15(19)18-14/h1-9H,16H2,(H2,17,18,19). The van der Waals surface area contributed by atoms with Gasteiger partial charge in [-0.05, 0) is 41.8 Å². The van der Waals surface area contributed by atoms with Crippen LogP contribution in [0.15, 0.2) is 59.4 Å². The molecule has 4 heteroatoms. The fourth-order valence-corrected chi connectivity index (χ4v) is 2.00. The predicted octanol–water partition coefficient (Wildman–Crippen LogP) is 2.85. The largest absolute Gasteiger partial charge is 0.399 e. The van der Waals surface area contributed by atoms with Crippen LogP contribution in [0.3, 0.4) is 0 Å². The van der Waals surface area contributed by atoms with Crippen molar-refractivity contribution in [2.24, 2.45) is 0 Å². The summed E-state index contributed by atoms with van der Waals surface area (Å²) in [5.74, 6) is 0.661. The molecule has 0 aliphatic heterocycles. The number of hydrogen-bond donors (Lipinski definition) is 3. The maximum absolute atomic E-state index is 11.9. The van der Waals surface area contributed by atoms with Crippen LogP contribution in [0.1, 0.15) is 0 Å². The van der Waals surface area contributed by atoms with Crippen LogP contribution < -0.4 is 16.6 Å². The molecule has 0 fully saturated rings. The number of nitrogens with one attached hydrogen (secondary N) is 2. The van der Waals surface area contributed by atoms with Crippen molar-refractivity contribution in [2.75, 3.05) is 11.1 Å². The molecule has 94 valence electrons. The Morgan fingerprint density at radius 3 is 2.53 bits per heavy atom. The number of hydrogen-bond acceptors (Lipinski definition) is 3. The van der Waals surface area contributed by atoms with Gasteiger partial charge in [0.1, 0.15) is 5.82 Å². The highest BCUT2D eigenvalue weighted by Crippen LogP contribution is 2.18. The molecule has 4 nitrogen and oxygen atoms in total. The van der Waals surface area contributed by atoms with Gasteiger partial charge in [-0.3, -0.25) is 4.79 Å². The summed E-state index contributed by atoms with van der Waals surface area (Å²) in [6.07, 6.45) is 0. The van der Waals surface area contributed by atoms with E-state index >= 15 is 0 Å². The van der Waals surface area contributed by atoms with Crippen molar-refractivity contribution in [3.63, 3.8) is 0 Å². The second-order valence-electron chi connectivity index (χ2n) is 4.35. The van der Waals surface area contributed by atoms with E-state index in [1.54, 1.807) is 6.07 Å². The molecule has 0 aliphatic carbocycles. The summed E-state index contributed by atoms with van der Waals surface area (Å²) < 4.78 is 0. The lowest BCUT2D eigenvalue weighted by Crippen LogP contribution is -2.08. The number of rotatable bonds is 2. The first kappa shape index (κ1) is 11.3. The van der Waals surface area contributed by atoms with Crippen LogP contribution in [-0.2, 0) is 0 Å². The molecule has 0 atom stereocenters. The molecule has 4 N–H and O–H groups in total. The summed E-state index contributed by atoms with van der Waals surface area (Å²) in [7, 11) is 0. The average Bonchev–Trinajstić information content (AvgIpc) is 2.42. The van der Waals surface area contributed by atoms with Gasteiger partial charge in [-0.2, -0.15) is 0 Å². The van der Waals surface area contributed by atoms with Gasteiger partial charge in [0, 0.05) is 16.8 Å². The molecule has 3 rings (SSSR count). The minimum absolute atomic E-state index is 0.101. The number of nitrogen functional groups attached to an aromatic ring is 1. The summed E-state index contributed by atoms with van der Waals surface area (Å²) >= 11 is 0. The molecule has 0 aliphatic rings. The first-order valence-corrected chi connectivity index (χ1v) is 5.97. The Bertz CT molecular complexity index is 775. The van der Waals surface area contributed by atoms with Crippen molar-refractivity contribution in [3.05, 3.63) is 65.0 Å². The summed E-state index contributed by atoms with van der Waals surface area (Å²) in [5.41, 5.74) is 7.11. The quantitative estimate of drug-likeness (QED) is 0.613. The second-order valence-corrected chi connectivity index (χ2v) is 4.35. The highest BCUT2D eigenvalue weighted by Gasteiger charge is 2.01. The van der Waals surface area contributed by atoms with E-state index in [0.29, 0.717) is 16.9 Å². The van der Waals surface area contributed by atoms with Crippen molar-refractivity contribution >= 4 is 28.0 Å². The van der Waals surface area contributed by atoms with Gasteiger partial charge in [0.05, 0.1) is 0 Å². The Labute approximate surface area is 109 Å². The highest BCUT2D eigenvalue weighted by atomic mass is 16.1. The zero-order valence-electron chi connectivity index (χ0n) is 10.2. The first-order valence-electron chi connectivity index (χ1n) is 5.97. The molecular weight excluding hydrogens is 238 g/mol. The Balaban J connectivity index is 2.01. The molecular formula is C15H13N3O. The maximum atomic E-state index is 11.9. The zero-order valence-corrected chi connectivity index (χ0v) is 10.2. The minimum atomic E-state index is -0.101. The van der Waals surface area contributed by atoms with Crippen LogP contribution in [0.25, 0.3) is 10.8 Å². The number of aromatic nitrogens is 1. The summed E-state index contributed by atoms with van der Waals surface area (Å²) in [6.45, 7) is 0. The predicted molar refractivity (Wildman–Crippen MR) is 78.7 cm³/mol. The van der Waals surface area contributed by atoms with Gasteiger partial charge in [0.25, 0.3) is 5.56 Å². The van der Waals surface area contributed by atoms with E-state index in [-0.39, 0.29) is 5.56 Å². The topological polar surface area (TPSA) is 70.9 Å². The molecule has 0 saturated heterocycles. The van der Waals surface area contributed by atoms with Gasteiger partial charge in [-0.15, -0.1) is 0 Å². The Morgan fingerprint density at radius 2 is 1.74 bits per heavy atom. The molecule has 3 aromatic rings. The Morgan fingerprint density at radius 1 is 1.00 bits per heavy atom. The normalized spacial score (nSPS) is 10.5. The molecule has 1 aromatic heterocycles. The summed E-state index contributed by atoms with van der Waals surface area (Å²) in [6, 6.07) is 16.7. The van der Waals surface area contributed by atoms with E-state index in [4.69, 9.17) is 5.73 Å². The lowest BCUT2D eigenvalue weighted by atomic mass is 10.2. The molecule has 0 spiro atoms. The number of anilines is 3. The van der Waals surface area contributed by atoms with Crippen LogP contribution in [0, 0.1) is 0 Å². The third kappa shape index (κ3) is 2.28. The Kier molecular flexibility index (Phi) is 2.68. The van der Waals surface area contributed by atoms with Crippen molar-refractivity contribution < 1.29 is 0 Å². The smallest absolute Gasteiger partial charge is 0.257 e. The number of aromatic amines is 1. The van der Waals surface area contributed by atoms with Gasteiger partial charge in [-0.25, -0.2) is 0 Å². The number of benzene rings is 2. The third-order valence-corrected chi connectivity index (χ3v) is 2.94. The van der Waals surface area contributed by atoms with Crippen LogP contribution in [0.2, 0.25) is 0 Å². The van der Waals surface area contributed by atoms with Crippen LogP contribution in [0.4, 0.5) is 17.2 Å². The van der Waals surface area contributed by atoms with Gasteiger partial charge in [0.15, 0.2) is 0 Å². The average molecular weight is 251 g/mol. The summed E-state index contributed by atoms with van der Waals surface area (Å²) in [4.78, 5) is 14.7. The van der Waals surface area contributed by atoms with E-state index < -0.39 is 0 Å². The van der Waals surface area contributed by atoms with E-state index in [0.717, 1.165) is 11.1 Å². The van der Waals surface area contributed by atoms with Gasteiger partial charge in [0.2, 0.25) is 0 Å². The highest BCUT2D eigenvalue weighted by molar-refractivity contribution is 5.84. The van der Waals surface area contributed by atoms with Gasteiger partial charge < -0.3 is 16.0 Å². The van der Waals surface area contributed by atoms with Crippen molar-refractivity contribution in [2.45, 2.75) is 0 Å². The fourth-order valence-electron chi connectivity index (χ4n) is 2.00. The monoisotopic (exact) mass is 251 g/mol. The lowest BCUT2D eigenvalue weighted by Gasteiger charge is -2.07. The van der Waals surface area contributed by atoms with Crippen molar-refractivity contribution in [3.8, 4) is 0 Å². The van der Waals surface area contributed by atoms with E-state index in [1.165, 1.54) is 0 Å². The fraction of sp³-hybridized carbons (Fsp3) is 0. The van der Waals surface area contributed by atoms with E-state index in [9.17, 15) is 4.79 Å². The van der Waals surface area contributed by atoms with E-state index in [1.807, 2.05) is 48.5 Å². The first-order chi connectivity index (χ1) is 9.22. The molecule has 0 amide bonds. The van der Waals surface area contributed by atoms with E-state index in [2.05, 4.69) is 10.3 Å². The van der Waals surface area contributed by atoms with Gasteiger partial charge in [-0.1, -0.05) is 18.2 Å². The van der Waals surface area contributed by atoms with Crippen molar-refractivity contribution in [1.29, 1.82) is 0 Å². The second kappa shape index (κ2) is 4.49. The van der Waals surface area contributed by atoms with Crippen LogP contribution in [0.5, 0.6) is 0 Å². The molecule has 2 aromatic carbocycles. The van der Waals surface area contributed by atoms with Crippen molar-refractivity contribution in [1.82, 2.24) is 4.98 Å².